The Morgan fingerprint density at radius 2 is 1.90 bits per heavy atom. The molecule has 0 saturated heterocycles. The Hall–Kier alpha value is -2.30. The van der Waals surface area contributed by atoms with Crippen molar-refractivity contribution in [3.63, 3.8) is 0 Å². The monoisotopic (exact) mass is 270 g/mol. The molecule has 0 radical (unpaired) electrons. The molecule has 20 heavy (non-hydrogen) atoms. The normalized spacial score (nSPS) is 17.0. The lowest BCUT2D eigenvalue weighted by molar-refractivity contribution is 0.171. The molecule has 5 nitrogen and oxygen atoms in total. The Bertz CT molecular complexity index is 719. The van der Waals surface area contributed by atoms with Crippen LogP contribution in [-0.4, -0.2) is 23.2 Å². The van der Waals surface area contributed by atoms with Gasteiger partial charge in [0, 0.05) is 17.5 Å². The molecule has 4 rings (SSSR count). The first kappa shape index (κ1) is 11.5. The van der Waals surface area contributed by atoms with Crippen LogP contribution in [0.2, 0.25) is 0 Å². The average molecular weight is 270 g/mol. The second-order valence-corrected chi connectivity index (χ2v) is 5.15. The molecule has 1 aromatic heterocycles. The van der Waals surface area contributed by atoms with E-state index in [9.17, 15) is 4.79 Å². The molecule has 1 fully saturated rings. The zero-order chi connectivity index (χ0) is 13.5. The highest BCUT2D eigenvalue weighted by molar-refractivity contribution is 5.64. The second kappa shape index (κ2) is 4.37. The second-order valence-electron chi connectivity index (χ2n) is 5.15. The maximum atomic E-state index is 11.8. The summed E-state index contributed by atoms with van der Waals surface area (Å²) in [5.41, 5.74) is 1.46. The summed E-state index contributed by atoms with van der Waals surface area (Å²) < 4.78 is 11.1. The number of aromatic nitrogens is 2. The lowest BCUT2D eigenvalue weighted by atomic mass is 10.1. The first-order valence-electron chi connectivity index (χ1n) is 6.81. The van der Waals surface area contributed by atoms with E-state index in [1.54, 1.807) is 0 Å². The van der Waals surface area contributed by atoms with Gasteiger partial charge in [-0.25, -0.2) is 4.98 Å². The smallest absolute Gasteiger partial charge is 0.251 e. The number of rotatable bonds is 2. The minimum atomic E-state index is -0.105. The van der Waals surface area contributed by atoms with Gasteiger partial charge in [0.05, 0.1) is 5.69 Å². The van der Waals surface area contributed by atoms with Gasteiger partial charge in [-0.15, -0.1) is 0 Å². The molecule has 0 atom stereocenters. The Morgan fingerprint density at radius 1 is 1.10 bits per heavy atom. The van der Waals surface area contributed by atoms with Crippen LogP contribution in [0.4, 0.5) is 0 Å². The number of H-pyrrole nitrogens is 1. The summed E-state index contributed by atoms with van der Waals surface area (Å²) in [5, 5.41) is 0. The highest BCUT2D eigenvalue weighted by atomic mass is 16.6. The van der Waals surface area contributed by atoms with Gasteiger partial charge in [-0.3, -0.25) is 4.79 Å². The number of fused-ring (bicyclic) bond motifs is 1. The third-order valence-electron chi connectivity index (χ3n) is 3.56. The van der Waals surface area contributed by atoms with Crippen LogP contribution in [0.3, 0.4) is 0 Å². The third kappa shape index (κ3) is 2.05. The van der Waals surface area contributed by atoms with Crippen molar-refractivity contribution in [2.75, 3.05) is 13.2 Å². The summed E-state index contributed by atoms with van der Waals surface area (Å²) in [7, 11) is 0. The molecule has 0 unspecified atom stereocenters. The van der Waals surface area contributed by atoms with Gasteiger partial charge in [-0.1, -0.05) is 0 Å². The summed E-state index contributed by atoms with van der Waals surface area (Å²) in [4.78, 5) is 19.1. The molecule has 5 heteroatoms. The molecule has 0 spiro atoms. The minimum absolute atomic E-state index is 0.105. The largest absolute Gasteiger partial charge is 0.486 e. The van der Waals surface area contributed by atoms with Gasteiger partial charge < -0.3 is 14.5 Å². The molecule has 2 aromatic rings. The molecule has 2 aliphatic rings. The molecule has 1 N–H and O–H groups in total. The van der Waals surface area contributed by atoms with E-state index < -0.39 is 0 Å². The van der Waals surface area contributed by atoms with Crippen LogP contribution in [0.5, 0.6) is 11.5 Å². The fraction of sp³-hybridized carbons (Fsp3) is 0.333. The maximum Gasteiger partial charge on any atom is 0.251 e. The average Bonchev–Trinajstić information content (AvgIpc) is 3.31. The number of benzene rings is 1. The first-order valence-corrected chi connectivity index (χ1v) is 6.81. The SMILES string of the molecule is O=c1cc(-c2ccc3c(c2)OCCO3)nc(C2CC2)[nH]1. The summed E-state index contributed by atoms with van der Waals surface area (Å²) in [6.45, 7) is 1.12. The fourth-order valence-corrected chi connectivity index (χ4v) is 2.38. The first-order chi connectivity index (χ1) is 9.79. The Balaban J connectivity index is 1.78. The minimum Gasteiger partial charge on any atom is -0.486 e. The Morgan fingerprint density at radius 3 is 2.70 bits per heavy atom. The van der Waals surface area contributed by atoms with Crippen LogP contribution in [0.25, 0.3) is 11.3 Å². The van der Waals surface area contributed by atoms with Crippen LogP contribution in [0.15, 0.2) is 29.1 Å². The van der Waals surface area contributed by atoms with Gasteiger partial charge in [0.25, 0.3) is 5.56 Å². The van der Waals surface area contributed by atoms with E-state index >= 15 is 0 Å². The van der Waals surface area contributed by atoms with Gasteiger partial charge in [-0.05, 0) is 31.0 Å². The number of aromatic amines is 1. The van der Waals surface area contributed by atoms with Crippen LogP contribution in [0.1, 0.15) is 24.6 Å². The lowest BCUT2D eigenvalue weighted by Gasteiger charge is -2.18. The van der Waals surface area contributed by atoms with Crippen molar-refractivity contribution >= 4 is 0 Å². The molecule has 1 saturated carbocycles. The van der Waals surface area contributed by atoms with Crippen molar-refractivity contribution in [3.05, 3.63) is 40.4 Å². The van der Waals surface area contributed by atoms with E-state index in [-0.39, 0.29) is 5.56 Å². The van der Waals surface area contributed by atoms with E-state index in [0.717, 1.165) is 30.0 Å². The predicted octanol–water partition coefficient (Wildman–Crippen LogP) is 2.09. The number of ether oxygens (including phenoxy) is 2. The molecule has 102 valence electrons. The van der Waals surface area contributed by atoms with Crippen molar-refractivity contribution in [1.82, 2.24) is 9.97 Å². The zero-order valence-electron chi connectivity index (χ0n) is 10.9. The number of nitrogens with one attached hydrogen (secondary N) is 1. The summed E-state index contributed by atoms with van der Waals surface area (Å²) >= 11 is 0. The van der Waals surface area contributed by atoms with E-state index in [4.69, 9.17) is 9.47 Å². The summed E-state index contributed by atoms with van der Waals surface area (Å²) in [5.74, 6) is 2.67. The highest BCUT2D eigenvalue weighted by Gasteiger charge is 2.26. The third-order valence-corrected chi connectivity index (χ3v) is 3.56. The molecule has 2 heterocycles. The van der Waals surface area contributed by atoms with Gasteiger partial charge >= 0.3 is 0 Å². The number of nitrogens with zero attached hydrogens (tertiary/aromatic N) is 1. The molecule has 1 aromatic carbocycles. The van der Waals surface area contributed by atoms with Crippen LogP contribution >= 0.6 is 0 Å². The van der Waals surface area contributed by atoms with Gasteiger partial charge in [0.2, 0.25) is 0 Å². The van der Waals surface area contributed by atoms with E-state index in [2.05, 4.69) is 9.97 Å². The maximum absolute atomic E-state index is 11.8. The molecule has 1 aliphatic heterocycles. The topological polar surface area (TPSA) is 64.2 Å². The van der Waals surface area contributed by atoms with E-state index in [1.165, 1.54) is 6.07 Å². The molecular formula is C15H14N2O3. The Kier molecular flexibility index (Phi) is 2.52. The fourth-order valence-electron chi connectivity index (χ4n) is 2.38. The van der Waals surface area contributed by atoms with Crippen molar-refractivity contribution in [2.45, 2.75) is 18.8 Å². The van der Waals surface area contributed by atoms with Crippen molar-refractivity contribution in [3.8, 4) is 22.8 Å². The highest BCUT2D eigenvalue weighted by Crippen LogP contribution is 2.38. The van der Waals surface area contributed by atoms with Gasteiger partial charge in [-0.2, -0.15) is 0 Å². The molecule has 0 amide bonds. The summed E-state index contributed by atoms with van der Waals surface area (Å²) in [6.07, 6.45) is 2.21. The van der Waals surface area contributed by atoms with Crippen LogP contribution < -0.4 is 15.0 Å². The van der Waals surface area contributed by atoms with Gasteiger partial charge in [0.15, 0.2) is 11.5 Å². The summed E-state index contributed by atoms with van der Waals surface area (Å²) in [6, 6.07) is 7.18. The van der Waals surface area contributed by atoms with E-state index in [0.29, 0.717) is 30.6 Å². The Labute approximate surface area is 115 Å². The van der Waals surface area contributed by atoms with Gasteiger partial charge in [0.1, 0.15) is 19.0 Å². The van der Waals surface area contributed by atoms with Crippen molar-refractivity contribution < 1.29 is 9.47 Å². The van der Waals surface area contributed by atoms with Crippen LogP contribution in [-0.2, 0) is 0 Å². The number of hydrogen-bond donors (Lipinski definition) is 1. The van der Waals surface area contributed by atoms with Crippen molar-refractivity contribution in [2.24, 2.45) is 0 Å². The lowest BCUT2D eigenvalue weighted by Crippen LogP contribution is -2.15. The molecule has 0 bridgehead atoms. The quantitative estimate of drug-likeness (QED) is 0.907. The molecule has 1 aliphatic carbocycles. The van der Waals surface area contributed by atoms with E-state index in [1.807, 2.05) is 18.2 Å². The predicted molar refractivity (Wildman–Crippen MR) is 73.3 cm³/mol. The zero-order valence-corrected chi connectivity index (χ0v) is 10.9. The number of hydrogen-bond acceptors (Lipinski definition) is 4. The van der Waals surface area contributed by atoms with Crippen LogP contribution in [0, 0.1) is 0 Å². The standard InChI is InChI=1S/C15H14N2O3/c18-14-8-11(16-15(17-14)9-1-2-9)10-3-4-12-13(7-10)20-6-5-19-12/h3-4,7-9H,1-2,5-6H2,(H,16,17,18). The molecular weight excluding hydrogens is 256 g/mol. The van der Waals surface area contributed by atoms with Crippen molar-refractivity contribution in [1.29, 1.82) is 0 Å².